The fourth-order valence-electron chi connectivity index (χ4n) is 5.86. The number of hydrogen-bond acceptors (Lipinski definition) is 4. The van der Waals surface area contributed by atoms with E-state index in [0.717, 1.165) is 36.6 Å². The van der Waals surface area contributed by atoms with Crippen molar-refractivity contribution in [2.45, 2.75) is 51.9 Å². The number of aromatic nitrogens is 2. The fraction of sp³-hybridized carbons (Fsp3) is 0.875. The first-order valence-corrected chi connectivity index (χ1v) is 8.16. The summed E-state index contributed by atoms with van der Waals surface area (Å²) in [4.78, 5) is 0. The van der Waals surface area contributed by atoms with Gasteiger partial charge in [0.2, 0.25) is 11.8 Å². The van der Waals surface area contributed by atoms with Crippen molar-refractivity contribution in [3.05, 3.63) is 11.8 Å². The molecule has 4 aliphatic rings. The van der Waals surface area contributed by atoms with Gasteiger partial charge in [-0.1, -0.05) is 0 Å². The van der Waals surface area contributed by atoms with Gasteiger partial charge in [0.1, 0.15) is 0 Å². The maximum atomic E-state index is 6.16. The minimum Gasteiger partial charge on any atom is -0.426 e. The van der Waals surface area contributed by atoms with Crippen LogP contribution in [0.1, 0.15) is 50.3 Å². The average Bonchev–Trinajstić information content (AvgIpc) is 2.80. The van der Waals surface area contributed by atoms with Crippen molar-refractivity contribution in [1.82, 2.24) is 10.2 Å². The molecule has 4 nitrogen and oxygen atoms in total. The van der Waals surface area contributed by atoms with Gasteiger partial charge in [0.25, 0.3) is 0 Å². The van der Waals surface area contributed by atoms with Crippen LogP contribution in [0.3, 0.4) is 0 Å². The molecule has 0 spiro atoms. The fourth-order valence-corrected chi connectivity index (χ4v) is 5.86. The smallest absolute Gasteiger partial charge is 0.216 e. The molecule has 4 bridgehead atoms. The van der Waals surface area contributed by atoms with E-state index in [4.69, 9.17) is 10.2 Å². The highest BCUT2D eigenvalue weighted by atomic mass is 16.4. The average molecular weight is 275 g/mol. The second kappa shape index (κ2) is 4.55. The molecule has 1 aromatic heterocycles. The van der Waals surface area contributed by atoms with Gasteiger partial charge >= 0.3 is 0 Å². The lowest BCUT2D eigenvalue weighted by atomic mass is 9.46. The molecule has 0 radical (unpaired) electrons. The van der Waals surface area contributed by atoms with Crippen LogP contribution in [0.4, 0.5) is 0 Å². The highest BCUT2D eigenvalue weighted by molar-refractivity contribution is 5.05. The summed E-state index contributed by atoms with van der Waals surface area (Å²) in [6.07, 6.45) is 9.52. The molecular formula is C16H25N3O. The van der Waals surface area contributed by atoms with Gasteiger partial charge in [-0.05, 0) is 74.2 Å². The predicted octanol–water partition coefficient (Wildman–Crippen LogP) is 2.71. The summed E-state index contributed by atoms with van der Waals surface area (Å²) in [7, 11) is 0. The largest absolute Gasteiger partial charge is 0.426 e. The Morgan fingerprint density at radius 1 is 1.15 bits per heavy atom. The molecule has 1 atom stereocenters. The van der Waals surface area contributed by atoms with Crippen LogP contribution in [0.5, 0.6) is 0 Å². The molecule has 110 valence electrons. The van der Waals surface area contributed by atoms with Crippen LogP contribution in [0.25, 0.3) is 0 Å². The van der Waals surface area contributed by atoms with E-state index in [1.807, 2.05) is 6.92 Å². The van der Waals surface area contributed by atoms with E-state index in [1.165, 1.54) is 38.5 Å². The standard InChI is InChI=1S/C16H25N3O/c1-10-18-19-15(20-10)5-14(9-17)16-6-11-2-12(7-16)4-13(3-11)8-16/h11-14H,2-9,17H2,1H3. The topological polar surface area (TPSA) is 64.9 Å². The Bertz CT molecular complexity index is 460. The van der Waals surface area contributed by atoms with Gasteiger partial charge in [-0.25, -0.2) is 0 Å². The van der Waals surface area contributed by atoms with E-state index >= 15 is 0 Å². The summed E-state index contributed by atoms with van der Waals surface area (Å²) in [6.45, 7) is 2.62. The first-order chi connectivity index (χ1) is 9.67. The van der Waals surface area contributed by atoms with E-state index in [2.05, 4.69) is 10.2 Å². The highest BCUT2D eigenvalue weighted by Gasteiger charge is 2.53. The quantitative estimate of drug-likeness (QED) is 0.917. The van der Waals surface area contributed by atoms with Gasteiger partial charge in [0, 0.05) is 13.3 Å². The Balaban J connectivity index is 1.57. The van der Waals surface area contributed by atoms with Gasteiger partial charge in [-0.3, -0.25) is 0 Å². The molecular weight excluding hydrogens is 250 g/mol. The number of nitrogens with two attached hydrogens (primary N) is 1. The maximum absolute atomic E-state index is 6.16. The Labute approximate surface area is 120 Å². The van der Waals surface area contributed by atoms with Crippen molar-refractivity contribution in [1.29, 1.82) is 0 Å². The zero-order valence-corrected chi connectivity index (χ0v) is 12.3. The van der Waals surface area contributed by atoms with Gasteiger partial charge in [0.15, 0.2) is 0 Å². The minimum atomic E-state index is 0.478. The third kappa shape index (κ3) is 2.00. The zero-order valence-electron chi connectivity index (χ0n) is 12.3. The molecule has 4 fully saturated rings. The molecule has 0 amide bonds. The van der Waals surface area contributed by atoms with Crippen molar-refractivity contribution in [3.8, 4) is 0 Å². The van der Waals surface area contributed by atoms with Gasteiger partial charge in [-0.2, -0.15) is 0 Å². The normalized spacial score (nSPS) is 40.2. The zero-order chi connectivity index (χ0) is 13.7. The summed E-state index contributed by atoms with van der Waals surface area (Å²) in [5.41, 5.74) is 6.64. The van der Waals surface area contributed by atoms with E-state index in [9.17, 15) is 0 Å². The van der Waals surface area contributed by atoms with E-state index < -0.39 is 0 Å². The third-order valence-electron chi connectivity index (χ3n) is 6.23. The first-order valence-electron chi connectivity index (χ1n) is 8.16. The monoisotopic (exact) mass is 275 g/mol. The van der Waals surface area contributed by atoms with Gasteiger partial charge in [-0.15, -0.1) is 10.2 Å². The van der Waals surface area contributed by atoms with Crippen LogP contribution in [0.15, 0.2) is 4.42 Å². The maximum Gasteiger partial charge on any atom is 0.216 e. The summed E-state index contributed by atoms with van der Waals surface area (Å²) in [5.74, 6) is 4.89. The molecule has 4 heteroatoms. The minimum absolute atomic E-state index is 0.478. The van der Waals surface area contributed by atoms with Gasteiger partial charge in [0.05, 0.1) is 0 Å². The van der Waals surface area contributed by atoms with Crippen LogP contribution in [-0.2, 0) is 6.42 Å². The highest BCUT2D eigenvalue weighted by Crippen LogP contribution is 2.62. The molecule has 0 aromatic carbocycles. The molecule has 0 aliphatic heterocycles. The summed E-state index contributed by atoms with van der Waals surface area (Å²) >= 11 is 0. The third-order valence-corrected chi connectivity index (χ3v) is 6.23. The molecule has 0 saturated heterocycles. The number of aryl methyl sites for hydroxylation is 1. The molecule has 1 aromatic rings. The molecule has 5 rings (SSSR count). The molecule has 4 saturated carbocycles. The lowest BCUT2D eigenvalue weighted by Crippen LogP contribution is -2.51. The first kappa shape index (κ1) is 12.8. The van der Waals surface area contributed by atoms with Gasteiger partial charge < -0.3 is 10.2 Å². The predicted molar refractivity (Wildman–Crippen MR) is 75.9 cm³/mol. The van der Waals surface area contributed by atoms with Crippen LogP contribution in [-0.4, -0.2) is 16.7 Å². The second-order valence-corrected chi connectivity index (χ2v) is 7.63. The molecule has 1 heterocycles. The number of nitrogens with zero attached hydrogens (tertiary/aromatic N) is 2. The van der Waals surface area contributed by atoms with Crippen molar-refractivity contribution in [2.75, 3.05) is 6.54 Å². The lowest BCUT2D eigenvalue weighted by molar-refractivity contribution is -0.0860. The number of hydrogen-bond donors (Lipinski definition) is 1. The number of rotatable bonds is 4. The lowest BCUT2D eigenvalue weighted by Gasteiger charge is -2.59. The Morgan fingerprint density at radius 3 is 2.20 bits per heavy atom. The van der Waals surface area contributed by atoms with Crippen molar-refractivity contribution < 1.29 is 4.42 Å². The van der Waals surface area contributed by atoms with Crippen molar-refractivity contribution in [3.63, 3.8) is 0 Å². The molecule has 20 heavy (non-hydrogen) atoms. The summed E-state index contributed by atoms with van der Waals surface area (Å²) in [6, 6.07) is 0. The van der Waals surface area contributed by atoms with Crippen LogP contribution >= 0.6 is 0 Å². The SMILES string of the molecule is Cc1nnc(CC(CN)C23CC4CC(CC(C4)C2)C3)o1. The van der Waals surface area contributed by atoms with Crippen LogP contribution in [0, 0.1) is 36.0 Å². The Morgan fingerprint density at radius 2 is 1.75 bits per heavy atom. The summed E-state index contributed by atoms with van der Waals surface area (Å²) < 4.78 is 5.60. The van der Waals surface area contributed by atoms with E-state index in [-0.39, 0.29) is 0 Å². The Kier molecular flexibility index (Phi) is 2.92. The Hall–Kier alpha value is -0.900. The van der Waals surface area contributed by atoms with Crippen molar-refractivity contribution in [2.24, 2.45) is 34.8 Å². The molecule has 1 unspecified atom stereocenters. The van der Waals surface area contributed by atoms with Crippen molar-refractivity contribution >= 4 is 0 Å². The second-order valence-electron chi connectivity index (χ2n) is 7.63. The van der Waals surface area contributed by atoms with Crippen LogP contribution < -0.4 is 5.73 Å². The summed E-state index contributed by atoms with van der Waals surface area (Å²) in [5, 5.41) is 8.15. The molecule has 4 aliphatic carbocycles. The van der Waals surface area contributed by atoms with Crippen LogP contribution in [0.2, 0.25) is 0 Å². The van der Waals surface area contributed by atoms with E-state index in [1.54, 1.807) is 0 Å². The molecule has 2 N–H and O–H groups in total. The van der Waals surface area contributed by atoms with E-state index in [0.29, 0.717) is 17.2 Å².